The first-order valence-electron chi connectivity index (χ1n) is 6.96. The molecule has 1 aliphatic rings. The Balaban J connectivity index is 1.88. The van der Waals surface area contributed by atoms with Crippen LogP contribution in [0.15, 0.2) is 33.6 Å². The molecule has 0 aliphatic carbocycles. The molecule has 10 heteroatoms. The minimum absolute atomic E-state index is 0.143. The Morgan fingerprint density at radius 2 is 1.92 bits per heavy atom. The Kier molecular flexibility index (Phi) is 5.64. The second-order valence-corrected chi connectivity index (χ2v) is 7.99. The second kappa shape index (κ2) is 7.62. The summed E-state index contributed by atoms with van der Waals surface area (Å²) in [6.45, 7) is -0.593. The van der Waals surface area contributed by atoms with Crippen molar-refractivity contribution in [3.05, 3.63) is 50.0 Å². The van der Waals surface area contributed by atoms with Gasteiger partial charge in [-0.2, -0.15) is 0 Å². The summed E-state index contributed by atoms with van der Waals surface area (Å²) in [7, 11) is 0. The van der Waals surface area contributed by atoms with E-state index in [2.05, 4.69) is 0 Å². The number of carbonyl (C=O) groups is 2. The second-order valence-electron chi connectivity index (χ2n) is 5.09. The van der Waals surface area contributed by atoms with E-state index in [0.29, 0.717) is 32.2 Å². The SMILES string of the molecule is O=C([O-])CN1C(=O)/C(=C/c2ccc(-c3cc(Cl)c(Cl)cc3Cl)o2)SC1=S. The van der Waals surface area contributed by atoms with Gasteiger partial charge in [0.2, 0.25) is 0 Å². The molecule has 2 heterocycles. The molecule has 0 saturated carbocycles. The summed E-state index contributed by atoms with van der Waals surface area (Å²) < 4.78 is 5.83. The average molecular weight is 448 g/mol. The van der Waals surface area contributed by atoms with E-state index in [1.807, 2.05) is 0 Å². The molecule has 2 aromatic rings. The molecule has 3 rings (SSSR count). The van der Waals surface area contributed by atoms with Crippen LogP contribution in [0, 0.1) is 0 Å². The predicted octanol–water partition coefficient (Wildman–Crippen LogP) is 3.86. The number of halogens is 3. The maximum absolute atomic E-state index is 12.2. The van der Waals surface area contributed by atoms with Gasteiger partial charge >= 0.3 is 0 Å². The molecule has 0 unspecified atom stereocenters. The number of thiocarbonyl (C=S) groups is 1. The molecule has 0 spiro atoms. The van der Waals surface area contributed by atoms with Crippen molar-refractivity contribution in [3.63, 3.8) is 0 Å². The summed E-state index contributed by atoms with van der Waals surface area (Å²) in [4.78, 5) is 24.1. The maximum Gasteiger partial charge on any atom is 0.266 e. The van der Waals surface area contributed by atoms with Crippen LogP contribution in [0.3, 0.4) is 0 Å². The molecule has 1 aromatic carbocycles. The van der Waals surface area contributed by atoms with Crippen molar-refractivity contribution in [3.8, 4) is 11.3 Å². The summed E-state index contributed by atoms with van der Waals surface area (Å²) in [6, 6.07) is 6.39. The van der Waals surface area contributed by atoms with Gasteiger partial charge in [0, 0.05) is 11.6 Å². The normalized spacial score (nSPS) is 16.0. The van der Waals surface area contributed by atoms with E-state index in [4.69, 9.17) is 51.4 Å². The molecular formula is C16H7Cl3NO4S2-. The van der Waals surface area contributed by atoms with Gasteiger partial charge in [0.05, 0.1) is 32.5 Å². The topological polar surface area (TPSA) is 73.6 Å². The molecule has 0 radical (unpaired) electrons. The molecule has 0 N–H and O–H groups in total. The number of carbonyl (C=O) groups excluding carboxylic acids is 2. The fourth-order valence-corrected chi connectivity index (χ4v) is 4.06. The van der Waals surface area contributed by atoms with Crippen LogP contribution < -0.4 is 5.11 Å². The fourth-order valence-electron chi connectivity index (χ4n) is 2.18. The fraction of sp³-hybridized carbons (Fsp3) is 0.0625. The van der Waals surface area contributed by atoms with Gasteiger partial charge in [-0.05, 0) is 24.3 Å². The van der Waals surface area contributed by atoms with Crippen LogP contribution >= 0.6 is 58.8 Å². The molecule has 1 aliphatic heterocycles. The Morgan fingerprint density at radius 3 is 2.62 bits per heavy atom. The molecule has 134 valence electrons. The number of aliphatic carboxylic acids is 1. The summed E-state index contributed by atoms with van der Waals surface area (Å²) in [6.07, 6.45) is 1.48. The number of carboxylic acids is 1. The average Bonchev–Trinajstić information content (AvgIpc) is 3.11. The van der Waals surface area contributed by atoms with E-state index in [9.17, 15) is 14.7 Å². The molecule has 0 atom stereocenters. The van der Waals surface area contributed by atoms with E-state index in [1.165, 1.54) is 12.1 Å². The lowest BCUT2D eigenvalue weighted by atomic mass is 10.2. The number of hydrogen-bond acceptors (Lipinski definition) is 6. The van der Waals surface area contributed by atoms with Gasteiger partial charge in [0.15, 0.2) is 0 Å². The molecule has 1 aromatic heterocycles. The van der Waals surface area contributed by atoms with Crippen molar-refractivity contribution in [2.75, 3.05) is 6.54 Å². The molecular weight excluding hydrogens is 441 g/mol. The van der Waals surface area contributed by atoms with Gasteiger partial charge in [-0.15, -0.1) is 0 Å². The monoisotopic (exact) mass is 446 g/mol. The molecule has 1 fully saturated rings. The number of furan rings is 1. The molecule has 1 amide bonds. The predicted molar refractivity (Wildman–Crippen MR) is 104 cm³/mol. The van der Waals surface area contributed by atoms with Crippen LogP contribution in [-0.4, -0.2) is 27.6 Å². The molecule has 0 bridgehead atoms. The third-order valence-corrected chi connectivity index (χ3v) is 5.75. The summed E-state index contributed by atoms with van der Waals surface area (Å²) in [5.74, 6) is -1.10. The first-order chi connectivity index (χ1) is 12.3. The van der Waals surface area contributed by atoms with Crippen molar-refractivity contribution in [1.29, 1.82) is 0 Å². The van der Waals surface area contributed by atoms with Gasteiger partial charge in [-0.1, -0.05) is 58.8 Å². The van der Waals surface area contributed by atoms with Crippen molar-refractivity contribution in [2.24, 2.45) is 0 Å². The maximum atomic E-state index is 12.2. The lowest BCUT2D eigenvalue weighted by molar-refractivity contribution is -0.305. The summed E-state index contributed by atoms with van der Waals surface area (Å²) in [5, 5.41) is 11.7. The number of amides is 1. The van der Waals surface area contributed by atoms with Gasteiger partial charge < -0.3 is 14.3 Å². The standard InChI is InChI=1S/C16H8Cl3NO4S2/c17-9-5-11(19)10(18)4-8(9)12-2-1-7(24-12)3-13-15(23)20(6-14(21)22)16(25)26-13/h1-5H,6H2,(H,21,22)/p-1/b13-3-. The minimum Gasteiger partial charge on any atom is -0.548 e. The zero-order valence-electron chi connectivity index (χ0n) is 12.6. The number of thioether (sulfide) groups is 1. The van der Waals surface area contributed by atoms with Crippen LogP contribution in [0.25, 0.3) is 17.4 Å². The quantitative estimate of drug-likeness (QED) is 0.402. The van der Waals surface area contributed by atoms with Gasteiger partial charge in [0.1, 0.15) is 15.8 Å². The Morgan fingerprint density at radius 1 is 1.23 bits per heavy atom. The number of benzene rings is 1. The van der Waals surface area contributed by atoms with Crippen molar-refractivity contribution in [2.45, 2.75) is 0 Å². The van der Waals surface area contributed by atoms with E-state index < -0.39 is 18.4 Å². The van der Waals surface area contributed by atoms with Crippen molar-refractivity contribution < 1.29 is 19.1 Å². The van der Waals surface area contributed by atoms with Crippen LogP contribution in [0.2, 0.25) is 15.1 Å². The third-order valence-electron chi connectivity index (χ3n) is 3.34. The molecule has 5 nitrogen and oxygen atoms in total. The first-order valence-corrected chi connectivity index (χ1v) is 9.32. The van der Waals surface area contributed by atoms with Crippen LogP contribution in [0.5, 0.6) is 0 Å². The summed E-state index contributed by atoms with van der Waals surface area (Å²) >= 11 is 24.1. The highest BCUT2D eigenvalue weighted by molar-refractivity contribution is 8.26. The minimum atomic E-state index is -1.39. The highest BCUT2D eigenvalue weighted by Gasteiger charge is 2.32. The zero-order valence-corrected chi connectivity index (χ0v) is 16.5. The first kappa shape index (κ1) is 19.3. The van der Waals surface area contributed by atoms with Crippen molar-refractivity contribution in [1.82, 2.24) is 4.90 Å². The lowest BCUT2D eigenvalue weighted by Crippen LogP contribution is -2.40. The number of hydrogen-bond donors (Lipinski definition) is 0. The van der Waals surface area contributed by atoms with Crippen LogP contribution in [-0.2, 0) is 9.59 Å². The molecule has 26 heavy (non-hydrogen) atoms. The number of rotatable bonds is 4. The van der Waals surface area contributed by atoms with Gasteiger partial charge in [-0.3, -0.25) is 9.69 Å². The van der Waals surface area contributed by atoms with Gasteiger partial charge in [-0.25, -0.2) is 0 Å². The van der Waals surface area contributed by atoms with Crippen LogP contribution in [0.1, 0.15) is 5.76 Å². The zero-order chi connectivity index (χ0) is 19.0. The number of nitrogens with zero attached hydrogens (tertiary/aromatic N) is 1. The lowest BCUT2D eigenvalue weighted by Gasteiger charge is -2.14. The van der Waals surface area contributed by atoms with Gasteiger partial charge in [0.25, 0.3) is 5.91 Å². The highest BCUT2D eigenvalue weighted by atomic mass is 35.5. The van der Waals surface area contributed by atoms with E-state index in [1.54, 1.807) is 18.2 Å². The largest absolute Gasteiger partial charge is 0.548 e. The number of carboxylic acid groups (broad SMARTS) is 1. The Hall–Kier alpha value is -1.51. The van der Waals surface area contributed by atoms with E-state index in [-0.39, 0.29) is 9.23 Å². The Bertz CT molecular complexity index is 970. The smallest absolute Gasteiger partial charge is 0.266 e. The van der Waals surface area contributed by atoms with E-state index >= 15 is 0 Å². The Labute approximate surface area is 172 Å². The van der Waals surface area contributed by atoms with Crippen molar-refractivity contribution >= 4 is 81.1 Å². The highest BCUT2D eigenvalue weighted by Crippen LogP contribution is 2.37. The third kappa shape index (κ3) is 3.92. The molecule has 1 saturated heterocycles. The van der Waals surface area contributed by atoms with E-state index in [0.717, 1.165) is 16.7 Å². The van der Waals surface area contributed by atoms with Crippen LogP contribution in [0.4, 0.5) is 0 Å². The summed E-state index contributed by atoms with van der Waals surface area (Å²) in [5.41, 5.74) is 0.546.